The predicted octanol–water partition coefficient (Wildman–Crippen LogP) is 4.29. The Morgan fingerprint density at radius 2 is 1.85 bits per heavy atom. The Labute approximate surface area is 169 Å². The quantitative estimate of drug-likeness (QED) is 0.667. The highest BCUT2D eigenvalue weighted by molar-refractivity contribution is 6.42. The first kappa shape index (κ1) is 20.2. The Kier molecular flexibility index (Phi) is 6.79. The van der Waals surface area contributed by atoms with Gasteiger partial charge in [-0.2, -0.15) is 4.68 Å². The third-order valence-corrected chi connectivity index (χ3v) is 5.48. The van der Waals surface area contributed by atoms with Crippen LogP contribution >= 0.6 is 23.2 Å². The van der Waals surface area contributed by atoms with Gasteiger partial charge < -0.3 is 9.64 Å². The summed E-state index contributed by atoms with van der Waals surface area (Å²) < 4.78 is 7.03. The number of aromatic nitrogens is 2. The summed E-state index contributed by atoms with van der Waals surface area (Å²) in [5.41, 5.74) is 0.299. The summed E-state index contributed by atoms with van der Waals surface area (Å²) in [6, 6.07) is 7.99. The van der Waals surface area contributed by atoms with Crippen molar-refractivity contribution in [3.63, 3.8) is 0 Å². The molecular formula is C20H25Cl2N3O2. The second kappa shape index (κ2) is 9.09. The van der Waals surface area contributed by atoms with E-state index in [1.54, 1.807) is 24.3 Å². The monoisotopic (exact) mass is 409 g/mol. The number of likely N-dealkylation sites (tertiary alicyclic amines) is 1. The van der Waals surface area contributed by atoms with Gasteiger partial charge in [0.25, 0.3) is 5.56 Å². The van der Waals surface area contributed by atoms with Gasteiger partial charge in [-0.15, -0.1) is 5.10 Å². The van der Waals surface area contributed by atoms with Crippen molar-refractivity contribution in [1.82, 2.24) is 14.7 Å². The van der Waals surface area contributed by atoms with Gasteiger partial charge in [0.1, 0.15) is 0 Å². The van der Waals surface area contributed by atoms with E-state index in [-0.39, 0.29) is 5.56 Å². The zero-order valence-corrected chi connectivity index (χ0v) is 17.2. The zero-order valence-electron chi connectivity index (χ0n) is 15.7. The second-order valence-corrected chi connectivity index (χ2v) is 8.24. The lowest BCUT2D eigenvalue weighted by Crippen LogP contribution is -2.39. The van der Waals surface area contributed by atoms with Crippen molar-refractivity contribution in [2.24, 2.45) is 11.8 Å². The maximum atomic E-state index is 12.1. The smallest absolute Gasteiger partial charge is 0.271 e. The van der Waals surface area contributed by atoms with Gasteiger partial charge in [0.15, 0.2) is 0 Å². The van der Waals surface area contributed by atoms with E-state index in [1.165, 1.54) is 17.2 Å². The van der Waals surface area contributed by atoms with Crippen LogP contribution in [0.3, 0.4) is 0 Å². The topological polar surface area (TPSA) is 47.4 Å². The first-order chi connectivity index (χ1) is 12.9. The Hall–Kier alpha value is -1.56. The lowest BCUT2D eigenvalue weighted by atomic mass is 9.92. The van der Waals surface area contributed by atoms with Crippen LogP contribution in [0.5, 0.6) is 5.88 Å². The van der Waals surface area contributed by atoms with Crippen LogP contribution in [-0.2, 0) is 0 Å². The van der Waals surface area contributed by atoms with Crippen molar-refractivity contribution >= 4 is 23.2 Å². The lowest BCUT2D eigenvalue weighted by Gasteiger charge is -2.34. The van der Waals surface area contributed by atoms with Gasteiger partial charge in [-0.05, 0) is 42.9 Å². The van der Waals surface area contributed by atoms with Gasteiger partial charge in [0, 0.05) is 31.8 Å². The fourth-order valence-corrected chi connectivity index (χ4v) is 4.00. The van der Waals surface area contributed by atoms with Crippen molar-refractivity contribution in [3.05, 3.63) is 50.7 Å². The van der Waals surface area contributed by atoms with Crippen molar-refractivity contribution < 1.29 is 4.74 Å². The molecule has 2 atom stereocenters. The molecule has 1 aromatic carbocycles. The number of piperidine rings is 1. The number of nitrogens with zero attached hydrogens (tertiary/aromatic N) is 3. The Bertz CT molecular complexity index is 830. The normalized spacial score (nSPS) is 20.6. The zero-order chi connectivity index (χ0) is 19.4. The number of hydrogen-bond donors (Lipinski definition) is 0. The van der Waals surface area contributed by atoms with E-state index in [1.807, 2.05) is 0 Å². The average molecular weight is 410 g/mol. The molecule has 0 radical (unpaired) electrons. The van der Waals surface area contributed by atoms with Gasteiger partial charge in [-0.25, -0.2) is 0 Å². The van der Waals surface area contributed by atoms with Gasteiger partial charge in [-0.1, -0.05) is 37.0 Å². The molecule has 1 saturated heterocycles. The summed E-state index contributed by atoms with van der Waals surface area (Å²) in [6.45, 7) is 8.52. The van der Waals surface area contributed by atoms with Gasteiger partial charge in [0.2, 0.25) is 5.88 Å². The molecular weight excluding hydrogens is 385 g/mol. The molecule has 146 valence electrons. The molecule has 0 bridgehead atoms. The molecule has 7 heteroatoms. The number of ether oxygens (including phenoxy) is 1. The van der Waals surface area contributed by atoms with Crippen molar-refractivity contribution in [2.75, 3.05) is 26.2 Å². The second-order valence-electron chi connectivity index (χ2n) is 7.43. The van der Waals surface area contributed by atoms with Crippen LogP contribution in [0, 0.1) is 11.8 Å². The van der Waals surface area contributed by atoms with E-state index in [9.17, 15) is 4.79 Å². The van der Waals surface area contributed by atoms with E-state index in [0.29, 0.717) is 28.2 Å². The van der Waals surface area contributed by atoms with E-state index in [2.05, 4.69) is 23.8 Å². The standard InChI is InChI=1S/C20H25Cl2N3O2/c1-14-10-15(2)13-24(12-14)8-3-9-27-19-6-7-20(26)25(23-19)16-4-5-17(21)18(22)11-16/h4-7,11,14-15H,3,8-10,12-13H2,1-2H3. The minimum absolute atomic E-state index is 0.253. The molecule has 0 N–H and O–H groups in total. The van der Waals surface area contributed by atoms with Crippen LogP contribution in [0.25, 0.3) is 5.69 Å². The van der Waals surface area contributed by atoms with Crippen LogP contribution in [0.2, 0.25) is 10.0 Å². The summed E-state index contributed by atoms with van der Waals surface area (Å²) in [7, 11) is 0. The minimum atomic E-state index is -0.253. The molecule has 27 heavy (non-hydrogen) atoms. The number of rotatable bonds is 6. The summed E-state index contributed by atoms with van der Waals surface area (Å²) in [6.07, 6.45) is 2.24. The molecule has 1 fully saturated rings. The van der Waals surface area contributed by atoms with E-state index in [0.717, 1.165) is 37.9 Å². The van der Waals surface area contributed by atoms with Crippen molar-refractivity contribution in [2.45, 2.75) is 26.7 Å². The van der Waals surface area contributed by atoms with Crippen molar-refractivity contribution in [1.29, 1.82) is 0 Å². The van der Waals surface area contributed by atoms with Crippen LogP contribution in [0.15, 0.2) is 35.1 Å². The van der Waals surface area contributed by atoms with Crippen LogP contribution in [0.4, 0.5) is 0 Å². The number of halogens is 2. The molecule has 5 nitrogen and oxygen atoms in total. The molecule has 1 aliphatic heterocycles. The fraction of sp³-hybridized carbons (Fsp3) is 0.500. The number of hydrogen-bond acceptors (Lipinski definition) is 4. The third-order valence-electron chi connectivity index (χ3n) is 4.74. The first-order valence-corrected chi connectivity index (χ1v) is 10.1. The highest BCUT2D eigenvalue weighted by Crippen LogP contribution is 2.24. The van der Waals surface area contributed by atoms with Crippen LogP contribution < -0.4 is 10.3 Å². The highest BCUT2D eigenvalue weighted by Gasteiger charge is 2.21. The molecule has 0 spiro atoms. The Morgan fingerprint density at radius 1 is 1.11 bits per heavy atom. The first-order valence-electron chi connectivity index (χ1n) is 9.33. The minimum Gasteiger partial charge on any atom is -0.477 e. The van der Waals surface area contributed by atoms with Gasteiger partial charge in [0.05, 0.1) is 22.3 Å². The maximum Gasteiger partial charge on any atom is 0.271 e. The third kappa shape index (κ3) is 5.47. The molecule has 0 amide bonds. The van der Waals surface area contributed by atoms with Gasteiger partial charge in [-0.3, -0.25) is 4.79 Å². The molecule has 2 aromatic rings. The van der Waals surface area contributed by atoms with Crippen molar-refractivity contribution in [3.8, 4) is 11.6 Å². The predicted molar refractivity (Wildman–Crippen MR) is 109 cm³/mol. The molecule has 1 aliphatic rings. The van der Waals surface area contributed by atoms with E-state index in [4.69, 9.17) is 27.9 Å². The van der Waals surface area contributed by atoms with E-state index >= 15 is 0 Å². The van der Waals surface area contributed by atoms with Crippen LogP contribution in [0.1, 0.15) is 26.7 Å². The Balaban J connectivity index is 1.58. The molecule has 0 saturated carbocycles. The summed E-state index contributed by atoms with van der Waals surface area (Å²) >= 11 is 12.0. The highest BCUT2D eigenvalue weighted by atomic mass is 35.5. The summed E-state index contributed by atoms with van der Waals surface area (Å²) in [4.78, 5) is 14.6. The molecule has 2 heterocycles. The number of benzene rings is 1. The molecule has 0 aliphatic carbocycles. The fourth-order valence-electron chi connectivity index (χ4n) is 3.71. The Morgan fingerprint density at radius 3 is 2.56 bits per heavy atom. The maximum absolute atomic E-state index is 12.1. The van der Waals surface area contributed by atoms with Gasteiger partial charge >= 0.3 is 0 Å². The summed E-state index contributed by atoms with van der Waals surface area (Å²) in [5, 5.41) is 5.10. The SMILES string of the molecule is CC1CC(C)CN(CCCOc2ccc(=O)n(-c3ccc(Cl)c(Cl)c3)n2)C1. The van der Waals surface area contributed by atoms with E-state index < -0.39 is 0 Å². The average Bonchev–Trinajstić information content (AvgIpc) is 2.61. The largest absolute Gasteiger partial charge is 0.477 e. The lowest BCUT2D eigenvalue weighted by molar-refractivity contribution is 0.132. The molecule has 1 aromatic heterocycles. The molecule has 3 rings (SSSR count). The summed E-state index contributed by atoms with van der Waals surface area (Å²) in [5.74, 6) is 1.93. The molecule has 2 unspecified atom stereocenters. The van der Waals surface area contributed by atoms with Crippen LogP contribution in [-0.4, -0.2) is 40.9 Å².